The normalized spacial score (nSPS) is 23.4. The van der Waals surface area contributed by atoms with Crippen molar-refractivity contribution in [2.45, 2.75) is 44.6 Å². The van der Waals surface area contributed by atoms with Crippen LogP contribution in [0.25, 0.3) is 0 Å². The summed E-state index contributed by atoms with van der Waals surface area (Å²) in [6.45, 7) is 4.97. The lowest BCUT2D eigenvalue weighted by Gasteiger charge is -2.34. The number of rotatable bonds is 1. The summed E-state index contributed by atoms with van der Waals surface area (Å²) in [5, 5.41) is 3.43. The van der Waals surface area contributed by atoms with Crippen molar-refractivity contribution in [1.82, 2.24) is 10.2 Å². The lowest BCUT2D eigenvalue weighted by Crippen LogP contribution is -2.48. The first kappa shape index (κ1) is 15.2. The molecule has 1 saturated carbocycles. The molecule has 2 fully saturated rings. The molecule has 1 aliphatic carbocycles. The van der Waals surface area contributed by atoms with Gasteiger partial charge in [0.1, 0.15) is 0 Å². The molecule has 0 bridgehead atoms. The van der Waals surface area contributed by atoms with Gasteiger partial charge >= 0.3 is 4.70 Å². The predicted molar refractivity (Wildman–Crippen MR) is 73.0 cm³/mol. The van der Waals surface area contributed by atoms with Gasteiger partial charge in [-0.1, -0.05) is 25.7 Å². The Morgan fingerprint density at radius 3 is 1.94 bits per heavy atom. The molecular weight excluding hydrogens is 259 g/mol. The maximum absolute atomic E-state index is 8.98. The molecule has 0 aromatic carbocycles. The van der Waals surface area contributed by atoms with E-state index in [0.29, 0.717) is 0 Å². The predicted octanol–water partition coefficient (Wildman–Crippen LogP) is 3.20. The van der Waals surface area contributed by atoms with E-state index in [0.717, 1.165) is 6.04 Å². The van der Waals surface area contributed by atoms with Crippen molar-refractivity contribution in [1.29, 1.82) is 0 Å². The third-order valence-electron chi connectivity index (χ3n) is 3.49. The minimum Gasteiger partial charge on any atom is -0.314 e. The maximum Gasteiger partial charge on any atom is 0.313 e. The highest BCUT2D eigenvalue weighted by atomic mass is 35.5. The first-order valence-electron chi connectivity index (χ1n) is 6.50. The van der Waals surface area contributed by atoms with Gasteiger partial charge in [-0.3, -0.25) is 9.69 Å². The second kappa shape index (κ2) is 9.15. The molecule has 0 unspecified atom stereocenters. The fourth-order valence-electron chi connectivity index (χ4n) is 2.67. The summed E-state index contributed by atoms with van der Waals surface area (Å²) < 4.78 is -0.889. The van der Waals surface area contributed by atoms with Crippen molar-refractivity contribution in [3.63, 3.8) is 0 Å². The summed E-state index contributed by atoms with van der Waals surface area (Å²) in [4.78, 5) is 11.7. The Hall–Kier alpha value is 0.170. The SMILES string of the molecule is C1CCCC(N2CCNCC2)CC1.O=C(Cl)Cl. The number of carbonyl (C=O) groups is 1. The van der Waals surface area contributed by atoms with Crippen molar-refractivity contribution in [2.24, 2.45) is 0 Å². The van der Waals surface area contributed by atoms with Crippen LogP contribution in [0.4, 0.5) is 4.79 Å². The Labute approximate surface area is 114 Å². The first-order chi connectivity index (χ1) is 8.20. The van der Waals surface area contributed by atoms with Crippen molar-refractivity contribution in [3.8, 4) is 0 Å². The lowest BCUT2D eigenvalue weighted by molar-refractivity contribution is 0.158. The first-order valence-corrected chi connectivity index (χ1v) is 7.25. The zero-order valence-corrected chi connectivity index (χ0v) is 11.8. The second-order valence-corrected chi connectivity index (χ2v) is 5.54. The van der Waals surface area contributed by atoms with Crippen LogP contribution in [0.2, 0.25) is 0 Å². The molecule has 0 aromatic rings. The summed E-state index contributed by atoms with van der Waals surface area (Å²) in [6, 6.07) is 0.921. The van der Waals surface area contributed by atoms with Gasteiger partial charge in [0.25, 0.3) is 0 Å². The monoisotopic (exact) mass is 280 g/mol. The molecule has 1 aliphatic heterocycles. The van der Waals surface area contributed by atoms with Crippen LogP contribution in [0, 0.1) is 0 Å². The van der Waals surface area contributed by atoms with Crippen molar-refractivity contribution >= 4 is 27.9 Å². The average Bonchev–Trinajstić information content (AvgIpc) is 2.58. The third-order valence-corrected chi connectivity index (χ3v) is 3.49. The van der Waals surface area contributed by atoms with E-state index in [1.807, 2.05) is 0 Å². The standard InChI is InChI=1S/C11H22N2.CCl2O/c1-2-4-6-11(5-3-1)13-9-7-12-8-10-13;2-1(3)4/h11-12H,1-10H2;. The van der Waals surface area contributed by atoms with Crippen LogP contribution in [0.1, 0.15) is 38.5 Å². The van der Waals surface area contributed by atoms with E-state index >= 15 is 0 Å². The highest BCUT2D eigenvalue weighted by molar-refractivity contribution is 6.93. The minimum atomic E-state index is -0.889. The number of carbonyl (C=O) groups excluding carboxylic acids is 1. The summed E-state index contributed by atoms with van der Waals surface area (Å²) in [6.07, 6.45) is 8.80. The molecule has 1 N–H and O–H groups in total. The average molecular weight is 281 g/mol. The Morgan fingerprint density at radius 2 is 1.47 bits per heavy atom. The molecule has 0 atom stereocenters. The fraction of sp³-hybridized carbons (Fsp3) is 0.917. The van der Waals surface area contributed by atoms with E-state index in [1.54, 1.807) is 0 Å². The zero-order valence-electron chi connectivity index (χ0n) is 10.3. The van der Waals surface area contributed by atoms with Crippen LogP contribution in [0.15, 0.2) is 0 Å². The molecular formula is C12H22Cl2N2O. The molecule has 1 heterocycles. The molecule has 1 saturated heterocycles. The molecule has 17 heavy (non-hydrogen) atoms. The van der Waals surface area contributed by atoms with Gasteiger partial charge in [0.05, 0.1) is 0 Å². The zero-order chi connectivity index (χ0) is 12.5. The van der Waals surface area contributed by atoms with Gasteiger partial charge in [0, 0.05) is 32.2 Å². The summed E-state index contributed by atoms with van der Waals surface area (Å²) in [5.74, 6) is 0. The maximum atomic E-state index is 8.98. The Kier molecular flexibility index (Phi) is 8.19. The smallest absolute Gasteiger partial charge is 0.313 e. The Balaban J connectivity index is 0.000000317. The highest BCUT2D eigenvalue weighted by Gasteiger charge is 2.20. The Bertz CT molecular complexity index is 209. The van der Waals surface area contributed by atoms with Gasteiger partial charge in [-0.05, 0) is 36.0 Å². The molecule has 100 valence electrons. The molecule has 0 aromatic heterocycles. The molecule has 0 amide bonds. The van der Waals surface area contributed by atoms with Gasteiger partial charge in [-0.25, -0.2) is 0 Å². The van der Waals surface area contributed by atoms with Crippen molar-refractivity contribution in [2.75, 3.05) is 26.2 Å². The van der Waals surface area contributed by atoms with Crippen LogP contribution in [0.3, 0.4) is 0 Å². The van der Waals surface area contributed by atoms with Gasteiger partial charge < -0.3 is 5.32 Å². The lowest BCUT2D eigenvalue weighted by atomic mass is 10.1. The number of nitrogens with one attached hydrogen (secondary N) is 1. The molecule has 0 spiro atoms. The molecule has 5 heteroatoms. The van der Waals surface area contributed by atoms with E-state index in [2.05, 4.69) is 33.4 Å². The number of hydrogen-bond donors (Lipinski definition) is 1. The van der Waals surface area contributed by atoms with Crippen molar-refractivity contribution < 1.29 is 4.79 Å². The number of halogens is 2. The largest absolute Gasteiger partial charge is 0.314 e. The molecule has 0 radical (unpaired) electrons. The fourth-order valence-corrected chi connectivity index (χ4v) is 2.67. The summed E-state index contributed by atoms with van der Waals surface area (Å²) >= 11 is 8.80. The Morgan fingerprint density at radius 1 is 1.00 bits per heavy atom. The van der Waals surface area contributed by atoms with E-state index in [-0.39, 0.29) is 0 Å². The van der Waals surface area contributed by atoms with E-state index < -0.39 is 4.70 Å². The van der Waals surface area contributed by atoms with Gasteiger partial charge in [-0.15, -0.1) is 0 Å². The van der Waals surface area contributed by atoms with Crippen LogP contribution in [-0.4, -0.2) is 41.8 Å². The van der Waals surface area contributed by atoms with Crippen molar-refractivity contribution in [3.05, 3.63) is 0 Å². The highest BCUT2D eigenvalue weighted by Crippen LogP contribution is 2.21. The van der Waals surface area contributed by atoms with Gasteiger partial charge in [0.15, 0.2) is 0 Å². The summed E-state index contributed by atoms with van der Waals surface area (Å²) in [7, 11) is 0. The third kappa shape index (κ3) is 7.24. The summed E-state index contributed by atoms with van der Waals surface area (Å²) in [5.41, 5.74) is 0. The topological polar surface area (TPSA) is 32.3 Å². The van der Waals surface area contributed by atoms with Crippen LogP contribution in [-0.2, 0) is 0 Å². The quantitative estimate of drug-likeness (QED) is 0.591. The minimum absolute atomic E-state index is 0.889. The van der Waals surface area contributed by atoms with E-state index in [9.17, 15) is 0 Å². The number of hydrogen-bond acceptors (Lipinski definition) is 3. The number of piperazine rings is 1. The van der Waals surface area contributed by atoms with E-state index in [1.165, 1.54) is 64.7 Å². The van der Waals surface area contributed by atoms with Crippen LogP contribution < -0.4 is 5.32 Å². The van der Waals surface area contributed by atoms with Gasteiger partial charge in [0.2, 0.25) is 0 Å². The van der Waals surface area contributed by atoms with Gasteiger partial charge in [-0.2, -0.15) is 0 Å². The van der Waals surface area contributed by atoms with Crippen LogP contribution in [0.5, 0.6) is 0 Å². The second-order valence-electron chi connectivity index (χ2n) is 4.66. The molecule has 3 nitrogen and oxygen atoms in total. The number of nitrogens with zero attached hydrogens (tertiary/aromatic N) is 1. The molecule has 2 rings (SSSR count). The van der Waals surface area contributed by atoms with E-state index in [4.69, 9.17) is 4.79 Å². The van der Waals surface area contributed by atoms with Crippen LogP contribution >= 0.6 is 23.2 Å². The molecule has 2 aliphatic rings.